The standard InChI is InChI=1S/C22H27FN4O2/c23-18-4-3-16(11-19(18)27-21(29)20-12-17(28)13-26-20)22(24,8-5-14-1-2-14)15-6-9-25-10-7-15/h3-4,6-7,9-11,14,17,20,26,28H,1-2,5,8,12-13,24H2,(H,27,29)/t17?,20?,22-/m1/s1. The smallest absolute Gasteiger partial charge is 0.241 e. The second kappa shape index (κ2) is 8.18. The highest BCUT2D eigenvalue weighted by Gasteiger charge is 2.34. The Bertz CT molecular complexity index is 874. The van der Waals surface area contributed by atoms with Crippen molar-refractivity contribution in [1.82, 2.24) is 10.3 Å². The molecule has 2 fully saturated rings. The summed E-state index contributed by atoms with van der Waals surface area (Å²) in [5.74, 6) is -0.165. The Morgan fingerprint density at radius 3 is 2.69 bits per heavy atom. The minimum Gasteiger partial charge on any atom is -0.392 e. The number of benzene rings is 1. The average molecular weight is 398 g/mol. The summed E-state index contributed by atoms with van der Waals surface area (Å²) >= 11 is 0. The van der Waals surface area contributed by atoms with Gasteiger partial charge in [-0.1, -0.05) is 18.9 Å². The SMILES string of the molecule is N[C@](CCC1CC1)(c1ccncc1)c1ccc(F)c(NC(=O)C2CC(O)CN2)c1. The van der Waals surface area contributed by atoms with Crippen molar-refractivity contribution in [1.29, 1.82) is 0 Å². The van der Waals surface area contributed by atoms with Crippen LogP contribution in [-0.2, 0) is 10.3 Å². The lowest BCUT2D eigenvalue weighted by molar-refractivity contribution is -0.118. The van der Waals surface area contributed by atoms with E-state index < -0.39 is 23.5 Å². The highest BCUT2D eigenvalue weighted by atomic mass is 19.1. The third kappa shape index (κ3) is 4.47. The molecule has 6 nitrogen and oxygen atoms in total. The molecule has 2 aromatic rings. The van der Waals surface area contributed by atoms with Gasteiger partial charge >= 0.3 is 0 Å². The summed E-state index contributed by atoms with van der Waals surface area (Å²) in [7, 11) is 0. The molecule has 1 aromatic carbocycles. The third-order valence-electron chi connectivity index (χ3n) is 6.00. The van der Waals surface area contributed by atoms with Crippen LogP contribution >= 0.6 is 0 Å². The minimum atomic E-state index is -0.791. The number of carbonyl (C=O) groups excluding carboxylic acids is 1. The Labute approximate surface area is 169 Å². The number of aromatic nitrogens is 1. The molecule has 0 bridgehead atoms. The molecule has 1 aliphatic heterocycles. The lowest BCUT2D eigenvalue weighted by Crippen LogP contribution is -2.39. The van der Waals surface area contributed by atoms with Crippen molar-refractivity contribution in [3.8, 4) is 0 Å². The van der Waals surface area contributed by atoms with Crippen molar-refractivity contribution < 1.29 is 14.3 Å². The van der Waals surface area contributed by atoms with Gasteiger partial charge in [0, 0.05) is 18.9 Å². The molecule has 1 aliphatic carbocycles. The maximum absolute atomic E-state index is 14.5. The van der Waals surface area contributed by atoms with Gasteiger partial charge in [0.1, 0.15) is 5.82 Å². The van der Waals surface area contributed by atoms with Crippen LogP contribution in [-0.4, -0.2) is 34.7 Å². The van der Waals surface area contributed by atoms with Gasteiger partial charge in [0.25, 0.3) is 0 Å². The quantitative estimate of drug-likeness (QED) is 0.573. The number of nitrogens with two attached hydrogens (primary N) is 1. The maximum atomic E-state index is 14.5. The van der Waals surface area contributed by atoms with E-state index in [0.29, 0.717) is 18.9 Å². The molecule has 29 heavy (non-hydrogen) atoms. The van der Waals surface area contributed by atoms with Crippen LogP contribution in [0.4, 0.5) is 10.1 Å². The van der Waals surface area contributed by atoms with Crippen molar-refractivity contribution in [2.75, 3.05) is 11.9 Å². The zero-order valence-corrected chi connectivity index (χ0v) is 16.3. The van der Waals surface area contributed by atoms with Crippen LogP contribution in [0.25, 0.3) is 0 Å². The first-order valence-electron chi connectivity index (χ1n) is 10.2. The third-order valence-corrected chi connectivity index (χ3v) is 6.00. The molecule has 3 atom stereocenters. The van der Waals surface area contributed by atoms with Crippen LogP contribution in [0, 0.1) is 11.7 Å². The van der Waals surface area contributed by atoms with Gasteiger partial charge in [-0.05, 0) is 60.6 Å². The number of β-amino-alcohol motifs (C(OH)–C–C–N with tert-alkyl or cyclic N) is 1. The Morgan fingerprint density at radius 2 is 2.03 bits per heavy atom. The van der Waals surface area contributed by atoms with Crippen LogP contribution in [0.1, 0.15) is 43.2 Å². The number of carbonyl (C=O) groups is 1. The molecule has 1 aromatic heterocycles. The molecule has 7 heteroatoms. The van der Waals surface area contributed by atoms with Crippen LogP contribution in [0.3, 0.4) is 0 Å². The van der Waals surface area contributed by atoms with Crippen molar-refractivity contribution in [2.45, 2.75) is 49.8 Å². The molecule has 1 amide bonds. The molecule has 0 spiro atoms. The first-order chi connectivity index (χ1) is 14.0. The first kappa shape index (κ1) is 19.9. The van der Waals surface area contributed by atoms with E-state index in [-0.39, 0.29) is 11.6 Å². The number of amides is 1. The van der Waals surface area contributed by atoms with E-state index in [1.165, 1.54) is 18.9 Å². The van der Waals surface area contributed by atoms with E-state index in [1.807, 2.05) is 12.1 Å². The summed E-state index contributed by atoms with van der Waals surface area (Å²) in [6.07, 6.45) is 7.36. The van der Waals surface area contributed by atoms with Gasteiger partial charge in [0.2, 0.25) is 5.91 Å². The molecule has 0 radical (unpaired) electrons. The fourth-order valence-electron chi connectivity index (χ4n) is 3.98. The summed E-state index contributed by atoms with van der Waals surface area (Å²) < 4.78 is 14.5. The number of anilines is 1. The maximum Gasteiger partial charge on any atom is 0.241 e. The van der Waals surface area contributed by atoms with Crippen molar-refractivity contribution in [3.63, 3.8) is 0 Å². The summed E-state index contributed by atoms with van der Waals surface area (Å²) in [6.45, 7) is 0.357. The lowest BCUT2D eigenvalue weighted by atomic mass is 9.79. The van der Waals surface area contributed by atoms with Crippen molar-refractivity contribution >= 4 is 11.6 Å². The summed E-state index contributed by atoms with van der Waals surface area (Å²) in [4.78, 5) is 16.6. The molecule has 154 valence electrons. The molecule has 1 saturated heterocycles. The normalized spacial score (nSPS) is 23.6. The molecule has 2 heterocycles. The number of halogens is 1. The van der Waals surface area contributed by atoms with E-state index in [0.717, 1.165) is 24.0 Å². The molecule has 5 N–H and O–H groups in total. The van der Waals surface area contributed by atoms with Crippen LogP contribution in [0.15, 0.2) is 42.7 Å². The molecule has 1 saturated carbocycles. The van der Waals surface area contributed by atoms with E-state index in [1.54, 1.807) is 24.5 Å². The fraction of sp³-hybridized carbons (Fsp3) is 0.455. The molecule has 2 aliphatic rings. The van der Waals surface area contributed by atoms with Crippen molar-refractivity contribution in [2.24, 2.45) is 11.7 Å². The van der Waals surface area contributed by atoms with E-state index >= 15 is 0 Å². The number of hydrogen-bond acceptors (Lipinski definition) is 5. The topological polar surface area (TPSA) is 100 Å². The van der Waals surface area contributed by atoms with Gasteiger partial charge in [-0.25, -0.2) is 4.39 Å². The van der Waals surface area contributed by atoms with E-state index in [9.17, 15) is 14.3 Å². The van der Waals surface area contributed by atoms with Gasteiger partial charge in [-0.15, -0.1) is 0 Å². The predicted molar refractivity (Wildman–Crippen MR) is 109 cm³/mol. The van der Waals surface area contributed by atoms with Crippen LogP contribution in [0.2, 0.25) is 0 Å². The molecular formula is C22H27FN4O2. The van der Waals surface area contributed by atoms with Crippen LogP contribution in [0.5, 0.6) is 0 Å². The number of nitrogens with zero attached hydrogens (tertiary/aromatic N) is 1. The Morgan fingerprint density at radius 1 is 1.28 bits per heavy atom. The van der Waals surface area contributed by atoms with Crippen molar-refractivity contribution in [3.05, 3.63) is 59.7 Å². The first-order valence-corrected chi connectivity index (χ1v) is 10.2. The summed E-state index contributed by atoms with van der Waals surface area (Å²) in [5, 5.41) is 15.2. The Hall–Kier alpha value is -2.35. The predicted octanol–water partition coefficient (Wildman–Crippen LogP) is 2.27. The van der Waals surface area contributed by atoms with Gasteiger partial charge in [-0.2, -0.15) is 0 Å². The molecule has 2 unspecified atom stereocenters. The van der Waals surface area contributed by atoms with Crippen LogP contribution < -0.4 is 16.4 Å². The highest BCUT2D eigenvalue weighted by molar-refractivity contribution is 5.95. The summed E-state index contributed by atoms with van der Waals surface area (Å²) in [5.41, 5.74) is 7.87. The Kier molecular flexibility index (Phi) is 5.63. The monoisotopic (exact) mass is 398 g/mol. The second-order valence-corrected chi connectivity index (χ2v) is 8.22. The lowest BCUT2D eigenvalue weighted by Gasteiger charge is -2.31. The number of hydrogen-bond donors (Lipinski definition) is 4. The molecular weight excluding hydrogens is 371 g/mol. The Balaban J connectivity index is 1.61. The highest BCUT2D eigenvalue weighted by Crippen LogP contribution is 2.40. The zero-order valence-electron chi connectivity index (χ0n) is 16.3. The fourth-order valence-corrected chi connectivity index (χ4v) is 3.98. The molecule has 4 rings (SSSR count). The number of aliphatic hydroxyl groups is 1. The number of nitrogens with one attached hydrogen (secondary N) is 2. The zero-order chi connectivity index (χ0) is 20.4. The number of pyridine rings is 1. The number of aliphatic hydroxyl groups excluding tert-OH is 1. The number of rotatable bonds is 7. The largest absolute Gasteiger partial charge is 0.392 e. The van der Waals surface area contributed by atoms with Gasteiger partial charge in [-0.3, -0.25) is 9.78 Å². The summed E-state index contributed by atoms with van der Waals surface area (Å²) in [6, 6.07) is 7.91. The van der Waals surface area contributed by atoms with E-state index in [2.05, 4.69) is 15.6 Å². The minimum absolute atomic E-state index is 0.103. The average Bonchev–Trinajstić information content (AvgIpc) is 3.46. The van der Waals surface area contributed by atoms with Gasteiger partial charge in [0.15, 0.2) is 0 Å². The van der Waals surface area contributed by atoms with E-state index in [4.69, 9.17) is 5.73 Å². The van der Waals surface area contributed by atoms with Gasteiger partial charge in [0.05, 0.1) is 23.4 Å². The van der Waals surface area contributed by atoms with Gasteiger partial charge < -0.3 is 21.5 Å². The second-order valence-electron chi connectivity index (χ2n) is 8.22.